The van der Waals surface area contributed by atoms with E-state index in [2.05, 4.69) is 22.2 Å². The minimum atomic E-state index is -0.165. The van der Waals surface area contributed by atoms with Gasteiger partial charge in [-0.1, -0.05) is 25.1 Å². The van der Waals surface area contributed by atoms with Crippen molar-refractivity contribution in [3.8, 4) is 0 Å². The first-order valence-electron chi connectivity index (χ1n) is 10.3. The van der Waals surface area contributed by atoms with Crippen LogP contribution in [0.1, 0.15) is 48.8 Å². The van der Waals surface area contributed by atoms with Crippen molar-refractivity contribution in [2.45, 2.75) is 51.3 Å². The lowest BCUT2D eigenvalue weighted by molar-refractivity contribution is -0.138. The molecule has 0 aliphatic heterocycles. The Morgan fingerprint density at radius 3 is 2.76 bits per heavy atom. The molecule has 1 fully saturated rings. The minimum Gasteiger partial charge on any atom is -0.376 e. The molecule has 29 heavy (non-hydrogen) atoms. The molecule has 2 amide bonds. The zero-order valence-electron chi connectivity index (χ0n) is 17.1. The summed E-state index contributed by atoms with van der Waals surface area (Å²) in [5, 5.41) is 3.12. The number of rotatable bonds is 8. The van der Waals surface area contributed by atoms with Gasteiger partial charge in [0, 0.05) is 37.5 Å². The highest BCUT2D eigenvalue weighted by Gasteiger charge is 2.36. The summed E-state index contributed by atoms with van der Waals surface area (Å²) in [4.78, 5) is 34.4. The molecule has 1 aliphatic carbocycles. The van der Waals surface area contributed by atoms with Gasteiger partial charge in [-0.3, -0.25) is 9.59 Å². The number of hydrogen-bond acceptors (Lipinski definition) is 4. The Morgan fingerprint density at radius 1 is 1.28 bits per heavy atom. The number of aromatic amines is 1. The largest absolute Gasteiger partial charge is 0.376 e. The Balaban J connectivity index is 1.61. The van der Waals surface area contributed by atoms with Gasteiger partial charge in [-0.2, -0.15) is 0 Å². The third kappa shape index (κ3) is 5.67. The summed E-state index contributed by atoms with van der Waals surface area (Å²) in [6.07, 6.45) is 6.23. The SMILES string of the molecule is CCCO[C@@H]1C[C@@H](C(=O)N(C)Cc2ncc[nH]2)CC[C@H]1NC(=O)c1ccccc1. The molecular weight excluding hydrogens is 368 g/mol. The molecule has 0 saturated heterocycles. The number of ether oxygens (including phenoxy) is 1. The van der Waals surface area contributed by atoms with Crippen LogP contribution in [0.3, 0.4) is 0 Å². The van der Waals surface area contributed by atoms with Crippen LogP contribution in [-0.2, 0) is 16.1 Å². The van der Waals surface area contributed by atoms with Crippen molar-refractivity contribution in [1.82, 2.24) is 20.2 Å². The smallest absolute Gasteiger partial charge is 0.251 e. The molecule has 2 N–H and O–H groups in total. The van der Waals surface area contributed by atoms with E-state index in [9.17, 15) is 9.59 Å². The fourth-order valence-corrected chi connectivity index (χ4v) is 3.81. The number of carbonyl (C=O) groups is 2. The fourth-order valence-electron chi connectivity index (χ4n) is 3.81. The van der Waals surface area contributed by atoms with Crippen LogP contribution in [-0.4, -0.2) is 52.5 Å². The van der Waals surface area contributed by atoms with E-state index in [1.165, 1.54) is 0 Å². The van der Waals surface area contributed by atoms with Gasteiger partial charge in [0.2, 0.25) is 5.91 Å². The zero-order chi connectivity index (χ0) is 20.6. The van der Waals surface area contributed by atoms with Gasteiger partial charge in [0.05, 0.1) is 18.7 Å². The molecule has 1 heterocycles. The van der Waals surface area contributed by atoms with Crippen LogP contribution in [0.25, 0.3) is 0 Å². The summed E-state index contributed by atoms with van der Waals surface area (Å²) in [7, 11) is 1.80. The van der Waals surface area contributed by atoms with Crippen molar-refractivity contribution < 1.29 is 14.3 Å². The number of benzene rings is 1. The maximum atomic E-state index is 12.9. The summed E-state index contributed by atoms with van der Waals surface area (Å²) >= 11 is 0. The molecular formula is C22H30N4O3. The molecule has 2 aromatic rings. The average molecular weight is 399 g/mol. The van der Waals surface area contributed by atoms with E-state index in [0.717, 1.165) is 25.1 Å². The lowest BCUT2D eigenvalue weighted by atomic mass is 9.82. The normalized spacial score (nSPS) is 21.5. The Hall–Kier alpha value is -2.67. The first-order valence-corrected chi connectivity index (χ1v) is 10.3. The Bertz CT molecular complexity index is 779. The molecule has 1 aliphatic rings. The third-order valence-electron chi connectivity index (χ3n) is 5.35. The van der Waals surface area contributed by atoms with Gasteiger partial charge in [0.15, 0.2) is 0 Å². The van der Waals surface area contributed by atoms with Crippen molar-refractivity contribution >= 4 is 11.8 Å². The van der Waals surface area contributed by atoms with E-state index in [0.29, 0.717) is 25.1 Å². The number of nitrogens with zero attached hydrogens (tertiary/aromatic N) is 2. The standard InChI is InChI=1S/C22H30N4O3/c1-3-13-29-19-14-17(22(28)26(2)15-20-23-11-12-24-20)9-10-18(19)25-21(27)16-7-5-4-6-8-16/h4-8,11-12,17-19H,3,9-10,13-15H2,1-2H3,(H,23,24)(H,25,27)/t17-,18+,19+/m0/s1. The predicted molar refractivity (Wildman–Crippen MR) is 110 cm³/mol. The summed E-state index contributed by atoms with van der Waals surface area (Å²) in [5.41, 5.74) is 0.637. The molecule has 7 heteroatoms. The molecule has 0 unspecified atom stereocenters. The number of carbonyl (C=O) groups excluding carboxylic acids is 2. The summed E-state index contributed by atoms with van der Waals surface area (Å²) in [6, 6.07) is 9.11. The van der Waals surface area contributed by atoms with Crippen LogP contribution in [0, 0.1) is 5.92 Å². The van der Waals surface area contributed by atoms with Crippen molar-refractivity contribution in [2.75, 3.05) is 13.7 Å². The molecule has 1 aromatic heterocycles. The zero-order valence-corrected chi connectivity index (χ0v) is 17.1. The number of aromatic nitrogens is 2. The minimum absolute atomic E-state index is 0.0892. The monoisotopic (exact) mass is 398 g/mol. The molecule has 0 radical (unpaired) electrons. The van der Waals surface area contributed by atoms with Gasteiger partial charge in [-0.15, -0.1) is 0 Å². The molecule has 3 rings (SSSR count). The summed E-state index contributed by atoms with van der Waals surface area (Å²) in [5.74, 6) is 0.657. The number of hydrogen-bond donors (Lipinski definition) is 2. The van der Waals surface area contributed by atoms with E-state index in [-0.39, 0.29) is 29.9 Å². The first kappa shape index (κ1) is 21.0. The van der Waals surface area contributed by atoms with E-state index < -0.39 is 0 Å². The fraction of sp³-hybridized carbons (Fsp3) is 0.500. The predicted octanol–water partition coefficient (Wildman–Crippen LogP) is 2.76. The van der Waals surface area contributed by atoms with Gasteiger partial charge in [0.25, 0.3) is 5.91 Å². The Morgan fingerprint density at radius 2 is 2.07 bits per heavy atom. The highest BCUT2D eigenvalue weighted by Crippen LogP contribution is 2.29. The lowest BCUT2D eigenvalue weighted by Gasteiger charge is -2.37. The van der Waals surface area contributed by atoms with E-state index in [4.69, 9.17) is 4.74 Å². The molecule has 0 spiro atoms. The van der Waals surface area contributed by atoms with Gasteiger partial charge in [-0.25, -0.2) is 4.98 Å². The highest BCUT2D eigenvalue weighted by molar-refractivity contribution is 5.94. The molecule has 1 saturated carbocycles. The highest BCUT2D eigenvalue weighted by atomic mass is 16.5. The molecule has 3 atom stereocenters. The number of imidazole rings is 1. The second-order valence-electron chi connectivity index (χ2n) is 7.60. The lowest BCUT2D eigenvalue weighted by Crippen LogP contribution is -2.50. The maximum absolute atomic E-state index is 12.9. The van der Waals surface area contributed by atoms with Crippen molar-refractivity contribution in [3.05, 3.63) is 54.1 Å². The Kier molecular flexibility index (Phi) is 7.41. The van der Waals surface area contributed by atoms with Gasteiger partial charge < -0.3 is 19.9 Å². The van der Waals surface area contributed by atoms with Crippen LogP contribution in [0.2, 0.25) is 0 Å². The molecule has 1 aromatic carbocycles. The molecule has 0 bridgehead atoms. The maximum Gasteiger partial charge on any atom is 0.251 e. The van der Waals surface area contributed by atoms with Crippen LogP contribution < -0.4 is 5.32 Å². The first-order chi connectivity index (χ1) is 14.1. The van der Waals surface area contributed by atoms with Gasteiger partial charge in [0.1, 0.15) is 5.82 Å². The average Bonchev–Trinajstić information content (AvgIpc) is 3.26. The van der Waals surface area contributed by atoms with E-state index in [1.54, 1.807) is 36.5 Å². The Labute approximate surface area is 171 Å². The van der Waals surface area contributed by atoms with Crippen molar-refractivity contribution in [2.24, 2.45) is 5.92 Å². The van der Waals surface area contributed by atoms with Crippen molar-refractivity contribution in [3.63, 3.8) is 0 Å². The number of H-pyrrole nitrogens is 1. The number of nitrogens with one attached hydrogen (secondary N) is 2. The number of amides is 2. The van der Waals surface area contributed by atoms with E-state index >= 15 is 0 Å². The van der Waals surface area contributed by atoms with E-state index in [1.807, 2.05) is 18.2 Å². The molecule has 156 valence electrons. The van der Waals surface area contributed by atoms with Gasteiger partial charge >= 0.3 is 0 Å². The summed E-state index contributed by atoms with van der Waals surface area (Å²) in [6.45, 7) is 3.13. The third-order valence-corrected chi connectivity index (χ3v) is 5.35. The van der Waals surface area contributed by atoms with Crippen LogP contribution in [0.15, 0.2) is 42.7 Å². The topological polar surface area (TPSA) is 87.3 Å². The summed E-state index contributed by atoms with van der Waals surface area (Å²) < 4.78 is 6.04. The second-order valence-corrected chi connectivity index (χ2v) is 7.60. The van der Waals surface area contributed by atoms with Crippen LogP contribution in [0.5, 0.6) is 0 Å². The van der Waals surface area contributed by atoms with Crippen LogP contribution in [0.4, 0.5) is 0 Å². The van der Waals surface area contributed by atoms with Crippen LogP contribution >= 0.6 is 0 Å². The quantitative estimate of drug-likeness (QED) is 0.716. The molecule has 7 nitrogen and oxygen atoms in total. The second kappa shape index (κ2) is 10.2. The van der Waals surface area contributed by atoms with Crippen molar-refractivity contribution in [1.29, 1.82) is 0 Å². The van der Waals surface area contributed by atoms with Gasteiger partial charge in [-0.05, 0) is 37.8 Å².